The van der Waals surface area contributed by atoms with Crippen LogP contribution < -0.4 is 5.49 Å². The molecule has 0 unspecified atom stereocenters. The van der Waals surface area contributed by atoms with E-state index in [2.05, 4.69) is 4.99 Å². The molecule has 0 spiro atoms. The number of hydrogen-bond acceptors (Lipinski definition) is 4. The van der Waals surface area contributed by atoms with Crippen molar-refractivity contribution in [1.29, 1.82) is 0 Å². The maximum atomic E-state index is 10.3. The lowest BCUT2D eigenvalue weighted by molar-refractivity contribution is 0.474. The summed E-state index contributed by atoms with van der Waals surface area (Å²) in [6, 6.07) is 23.8. The first-order chi connectivity index (χ1) is 14.6. The van der Waals surface area contributed by atoms with Crippen LogP contribution in [0, 0.1) is 6.92 Å². The summed E-state index contributed by atoms with van der Waals surface area (Å²) in [5.41, 5.74) is 4.09. The van der Waals surface area contributed by atoms with Crippen LogP contribution in [0.5, 0.6) is 11.5 Å². The molecule has 0 aliphatic carbocycles. The van der Waals surface area contributed by atoms with E-state index in [9.17, 15) is 10.2 Å². The molecule has 4 aromatic rings. The largest absolute Gasteiger partial charge is 0.507 e. The lowest BCUT2D eigenvalue weighted by atomic mass is 10.2. The smallest absolute Gasteiger partial charge is 0.180 e. The fourth-order valence-corrected chi connectivity index (χ4v) is 3.23. The molecule has 0 atom stereocenters. The normalized spacial score (nSPS) is 12.0. The predicted molar refractivity (Wildman–Crippen MR) is 118 cm³/mol. The molecule has 30 heavy (non-hydrogen) atoms. The SMILES string of the molecule is Cc1c(N=Cc2ccccc2O)c(=Nc2ccccc2O)n(-c2ccccc2)n1C. The van der Waals surface area contributed by atoms with Crippen molar-refractivity contribution in [3.05, 3.63) is 95.6 Å². The maximum Gasteiger partial charge on any atom is 0.180 e. The van der Waals surface area contributed by atoms with Gasteiger partial charge in [-0.2, -0.15) is 0 Å². The minimum atomic E-state index is 0.0919. The van der Waals surface area contributed by atoms with E-state index in [0.717, 1.165) is 11.4 Å². The van der Waals surface area contributed by atoms with Gasteiger partial charge >= 0.3 is 0 Å². The van der Waals surface area contributed by atoms with E-state index in [-0.39, 0.29) is 11.5 Å². The highest BCUT2D eigenvalue weighted by atomic mass is 16.3. The summed E-state index contributed by atoms with van der Waals surface area (Å²) in [5.74, 6) is 0.249. The van der Waals surface area contributed by atoms with Gasteiger partial charge in [0.25, 0.3) is 0 Å². The van der Waals surface area contributed by atoms with Crippen molar-refractivity contribution in [1.82, 2.24) is 9.36 Å². The van der Waals surface area contributed by atoms with Crippen LogP contribution in [0.1, 0.15) is 11.3 Å². The zero-order chi connectivity index (χ0) is 21.1. The first-order valence-electron chi connectivity index (χ1n) is 9.55. The van der Waals surface area contributed by atoms with Gasteiger partial charge in [-0.05, 0) is 43.3 Å². The number of aromatic hydroxyl groups is 2. The summed E-state index contributed by atoms with van der Waals surface area (Å²) in [6.45, 7) is 1.96. The monoisotopic (exact) mass is 398 g/mol. The van der Waals surface area contributed by atoms with Gasteiger partial charge in [-0.3, -0.25) is 9.67 Å². The van der Waals surface area contributed by atoms with E-state index in [1.165, 1.54) is 0 Å². The topological polar surface area (TPSA) is 75.0 Å². The van der Waals surface area contributed by atoms with Crippen molar-refractivity contribution in [2.45, 2.75) is 6.92 Å². The molecule has 0 saturated heterocycles. The first kappa shape index (κ1) is 19.3. The Balaban J connectivity index is 1.99. The standard InChI is InChI=1S/C24H22N4O2/c1-17-23(25-16-18-10-6-8-14-21(18)29)24(26-20-13-7-9-15-22(20)30)28(27(17)2)19-11-4-3-5-12-19/h3-16,29-30H,1-2H3. The Morgan fingerprint density at radius 2 is 1.43 bits per heavy atom. The molecule has 0 aliphatic heterocycles. The third-order valence-corrected chi connectivity index (χ3v) is 4.92. The number of benzene rings is 3. The molecule has 0 fully saturated rings. The summed E-state index contributed by atoms with van der Waals surface area (Å²) in [4.78, 5) is 9.42. The summed E-state index contributed by atoms with van der Waals surface area (Å²) < 4.78 is 3.91. The van der Waals surface area contributed by atoms with Gasteiger partial charge in [0.2, 0.25) is 0 Å². The van der Waals surface area contributed by atoms with Gasteiger partial charge in [0, 0.05) is 18.8 Å². The van der Waals surface area contributed by atoms with Gasteiger partial charge in [-0.15, -0.1) is 0 Å². The zero-order valence-electron chi connectivity index (χ0n) is 16.8. The molecular weight excluding hydrogens is 376 g/mol. The third kappa shape index (κ3) is 3.63. The molecule has 3 aromatic carbocycles. The van der Waals surface area contributed by atoms with Gasteiger partial charge in [0.05, 0.1) is 11.4 Å². The molecule has 0 radical (unpaired) electrons. The van der Waals surface area contributed by atoms with E-state index >= 15 is 0 Å². The van der Waals surface area contributed by atoms with E-state index in [4.69, 9.17) is 4.99 Å². The summed E-state index contributed by atoms with van der Waals surface area (Å²) >= 11 is 0. The number of rotatable bonds is 4. The second-order valence-corrected chi connectivity index (χ2v) is 6.85. The number of para-hydroxylation sites is 4. The van der Waals surface area contributed by atoms with Crippen LogP contribution in [0.3, 0.4) is 0 Å². The van der Waals surface area contributed by atoms with Crippen LogP contribution in [-0.4, -0.2) is 25.8 Å². The molecule has 0 bridgehead atoms. The average Bonchev–Trinajstić information content (AvgIpc) is 2.99. The number of aliphatic imine (C=N–C) groups is 1. The molecule has 2 N–H and O–H groups in total. The Hall–Kier alpha value is -4.06. The Labute approximate surface area is 174 Å². The lowest BCUT2D eigenvalue weighted by Gasteiger charge is -2.09. The Morgan fingerprint density at radius 3 is 2.13 bits per heavy atom. The number of phenols is 2. The van der Waals surface area contributed by atoms with Crippen molar-refractivity contribution in [2.75, 3.05) is 0 Å². The van der Waals surface area contributed by atoms with Crippen molar-refractivity contribution in [2.24, 2.45) is 17.0 Å². The van der Waals surface area contributed by atoms with E-state index in [1.54, 1.807) is 42.6 Å². The first-order valence-corrected chi connectivity index (χ1v) is 9.55. The number of phenolic OH excluding ortho intramolecular Hbond substituents is 2. The van der Waals surface area contributed by atoms with Crippen LogP contribution >= 0.6 is 0 Å². The van der Waals surface area contributed by atoms with Gasteiger partial charge in [-0.25, -0.2) is 9.67 Å². The van der Waals surface area contributed by atoms with E-state index in [0.29, 0.717) is 22.4 Å². The van der Waals surface area contributed by atoms with Crippen molar-refractivity contribution >= 4 is 17.6 Å². The molecule has 6 nitrogen and oxygen atoms in total. The zero-order valence-corrected chi connectivity index (χ0v) is 16.8. The average molecular weight is 398 g/mol. The van der Waals surface area contributed by atoms with Gasteiger partial charge in [-0.1, -0.05) is 42.5 Å². The molecule has 0 saturated carbocycles. The van der Waals surface area contributed by atoms with E-state index < -0.39 is 0 Å². The Kier molecular flexibility index (Phi) is 5.22. The van der Waals surface area contributed by atoms with Gasteiger partial charge in [0.1, 0.15) is 22.9 Å². The van der Waals surface area contributed by atoms with Crippen LogP contribution in [0.25, 0.3) is 5.69 Å². The lowest BCUT2D eigenvalue weighted by Crippen LogP contribution is -2.20. The maximum absolute atomic E-state index is 10.3. The van der Waals surface area contributed by atoms with Gasteiger partial charge in [0.15, 0.2) is 5.49 Å². The van der Waals surface area contributed by atoms with Crippen molar-refractivity contribution < 1.29 is 10.2 Å². The minimum absolute atomic E-state index is 0.0919. The predicted octanol–water partition coefficient (Wildman–Crippen LogP) is 4.52. The number of hydrogen-bond donors (Lipinski definition) is 2. The molecule has 150 valence electrons. The van der Waals surface area contributed by atoms with E-state index in [1.807, 2.05) is 65.8 Å². The third-order valence-electron chi connectivity index (χ3n) is 4.92. The second kappa shape index (κ2) is 8.13. The van der Waals surface area contributed by atoms with Crippen molar-refractivity contribution in [3.63, 3.8) is 0 Å². The highest BCUT2D eigenvalue weighted by molar-refractivity contribution is 5.85. The van der Waals surface area contributed by atoms with Gasteiger partial charge < -0.3 is 10.2 Å². The highest BCUT2D eigenvalue weighted by Crippen LogP contribution is 2.26. The summed E-state index contributed by atoms with van der Waals surface area (Å²) in [5, 5.41) is 20.3. The van der Waals surface area contributed by atoms with Crippen LogP contribution in [0.2, 0.25) is 0 Å². The quantitative estimate of drug-likeness (QED) is 0.496. The molecule has 1 aromatic heterocycles. The number of nitrogens with zero attached hydrogens (tertiary/aromatic N) is 4. The fraction of sp³-hybridized carbons (Fsp3) is 0.0833. The minimum Gasteiger partial charge on any atom is -0.507 e. The molecule has 1 heterocycles. The Bertz CT molecular complexity index is 1280. The molecule has 6 heteroatoms. The van der Waals surface area contributed by atoms with Crippen LogP contribution in [-0.2, 0) is 7.05 Å². The second-order valence-electron chi connectivity index (χ2n) is 6.85. The molecule has 0 aliphatic rings. The summed E-state index contributed by atoms with van der Waals surface area (Å²) in [6.07, 6.45) is 1.62. The number of aromatic nitrogens is 2. The molecule has 0 amide bonds. The van der Waals surface area contributed by atoms with Crippen LogP contribution in [0.15, 0.2) is 88.8 Å². The molecular formula is C24H22N4O2. The fourth-order valence-electron chi connectivity index (χ4n) is 3.23. The van der Waals surface area contributed by atoms with Crippen molar-refractivity contribution in [3.8, 4) is 17.2 Å². The Morgan fingerprint density at radius 1 is 0.800 bits per heavy atom. The molecule has 4 rings (SSSR count). The van der Waals surface area contributed by atoms with Crippen LogP contribution in [0.4, 0.5) is 11.4 Å². The summed E-state index contributed by atoms with van der Waals surface area (Å²) in [7, 11) is 1.94. The highest BCUT2D eigenvalue weighted by Gasteiger charge is 2.15.